The second-order valence-corrected chi connectivity index (χ2v) is 5.16. The van der Waals surface area contributed by atoms with E-state index in [1.807, 2.05) is 0 Å². The average Bonchev–Trinajstić information content (AvgIpc) is 2.33. The summed E-state index contributed by atoms with van der Waals surface area (Å²) in [7, 11) is 1.64. The Kier molecular flexibility index (Phi) is 4.14. The molecule has 1 aliphatic rings. The summed E-state index contributed by atoms with van der Waals surface area (Å²) >= 11 is 0. The summed E-state index contributed by atoms with van der Waals surface area (Å²) in [5.74, 6) is -1.83. The first-order chi connectivity index (χ1) is 8.97. The standard InChI is InChI=1S/C14H17F2NO2/c1-17(8-9-5-11(18)6-9)13(19)7-10-3-2-4-12(15)14(10)16/h2-4,9,11,18H,5-8H2,1H3. The normalized spacial score (nSPS) is 21.9. The number of halogens is 2. The molecule has 0 aliphatic heterocycles. The summed E-state index contributed by atoms with van der Waals surface area (Å²) in [5.41, 5.74) is 0.0745. The highest BCUT2D eigenvalue weighted by molar-refractivity contribution is 5.78. The maximum Gasteiger partial charge on any atom is 0.226 e. The molecule has 1 saturated carbocycles. The lowest BCUT2D eigenvalue weighted by molar-refractivity contribution is -0.130. The highest BCUT2D eigenvalue weighted by atomic mass is 19.2. The van der Waals surface area contributed by atoms with E-state index in [9.17, 15) is 18.7 Å². The van der Waals surface area contributed by atoms with Gasteiger partial charge in [-0.05, 0) is 24.8 Å². The maximum atomic E-state index is 13.4. The van der Waals surface area contributed by atoms with Gasteiger partial charge in [-0.1, -0.05) is 12.1 Å². The lowest BCUT2D eigenvalue weighted by atomic mass is 9.82. The zero-order chi connectivity index (χ0) is 14.0. The first-order valence-corrected chi connectivity index (χ1v) is 6.32. The van der Waals surface area contributed by atoms with E-state index in [2.05, 4.69) is 0 Å². The first kappa shape index (κ1) is 13.9. The molecule has 0 heterocycles. The molecule has 1 aliphatic carbocycles. The minimum atomic E-state index is -0.955. The van der Waals surface area contributed by atoms with Gasteiger partial charge in [0.05, 0.1) is 12.5 Å². The SMILES string of the molecule is CN(CC1CC(O)C1)C(=O)Cc1cccc(F)c1F. The number of likely N-dealkylation sites (N-methyl/N-ethyl adjacent to an activating group) is 1. The third-order valence-corrected chi connectivity index (χ3v) is 3.54. The number of carbonyl (C=O) groups excluding carboxylic acids is 1. The van der Waals surface area contributed by atoms with E-state index in [-0.39, 0.29) is 24.0 Å². The number of hydrogen-bond acceptors (Lipinski definition) is 2. The van der Waals surface area contributed by atoms with Gasteiger partial charge in [-0.2, -0.15) is 0 Å². The topological polar surface area (TPSA) is 40.5 Å². The molecule has 1 amide bonds. The van der Waals surface area contributed by atoms with Crippen LogP contribution in [-0.2, 0) is 11.2 Å². The van der Waals surface area contributed by atoms with E-state index in [1.165, 1.54) is 17.0 Å². The second-order valence-electron chi connectivity index (χ2n) is 5.16. The van der Waals surface area contributed by atoms with E-state index >= 15 is 0 Å². The van der Waals surface area contributed by atoms with Gasteiger partial charge < -0.3 is 10.0 Å². The van der Waals surface area contributed by atoms with E-state index in [4.69, 9.17) is 0 Å². The van der Waals surface area contributed by atoms with Crippen LogP contribution in [0.15, 0.2) is 18.2 Å². The van der Waals surface area contributed by atoms with Crippen LogP contribution in [0.1, 0.15) is 18.4 Å². The van der Waals surface area contributed by atoms with Crippen LogP contribution in [0.4, 0.5) is 8.78 Å². The van der Waals surface area contributed by atoms with E-state index in [0.29, 0.717) is 25.3 Å². The minimum absolute atomic E-state index is 0.0745. The molecule has 1 fully saturated rings. The molecule has 0 spiro atoms. The second kappa shape index (κ2) is 5.65. The molecule has 0 aromatic heterocycles. The summed E-state index contributed by atoms with van der Waals surface area (Å²) in [6.07, 6.45) is 1.00. The Morgan fingerprint density at radius 3 is 2.74 bits per heavy atom. The molecule has 1 aromatic rings. The Morgan fingerprint density at radius 2 is 2.11 bits per heavy atom. The van der Waals surface area contributed by atoms with Gasteiger partial charge in [-0.25, -0.2) is 8.78 Å². The first-order valence-electron chi connectivity index (χ1n) is 6.32. The van der Waals surface area contributed by atoms with Crippen molar-refractivity contribution in [1.82, 2.24) is 4.90 Å². The van der Waals surface area contributed by atoms with Crippen molar-refractivity contribution in [2.24, 2.45) is 5.92 Å². The molecular weight excluding hydrogens is 252 g/mol. The van der Waals surface area contributed by atoms with Crippen molar-refractivity contribution in [2.75, 3.05) is 13.6 Å². The molecule has 0 bridgehead atoms. The predicted molar refractivity (Wildman–Crippen MR) is 66.4 cm³/mol. The molecule has 104 valence electrons. The molecule has 0 saturated heterocycles. The number of nitrogens with zero attached hydrogens (tertiary/aromatic N) is 1. The molecule has 0 atom stereocenters. The van der Waals surface area contributed by atoms with Gasteiger partial charge in [0.2, 0.25) is 5.91 Å². The van der Waals surface area contributed by atoms with Crippen LogP contribution in [-0.4, -0.2) is 35.6 Å². The highest BCUT2D eigenvalue weighted by Gasteiger charge is 2.29. The van der Waals surface area contributed by atoms with Gasteiger partial charge in [-0.15, -0.1) is 0 Å². The van der Waals surface area contributed by atoms with Crippen molar-refractivity contribution in [3.8, 4) is 0 Å². The molecule has 3 nitrogen and oxygen atoms in total. The van der Waals surface area contributed by atoms with Crippen molar-refractivity contribution < 1.29 is 18.7 Å². The Bertz CT molecular complexity index is 473. The van der Waals surface area contributed by atoms with Crippen LogP contribution in [0.25, 0.3) is 0 Å². The summed E-state index contributed by atoms with van der Waals surface area (Å²) in [4.78, 5) is 13.4. The number of rotatable bonds is 4. The van der Waals surface area contributed by atoms with Crippen molar-refractivity contribution >= 4 is 5.91 Å². The van der Waals surface area contributed by atoms with E-state index < -0.39 is 11.6 Å². The van der Waals surface area contributed by atoms with Crippen molar-refractivity contribution in [3.63, 3.8) is 0 Å². The van der Waals surface area contributed by atoms with Crippen LogP contribution in [0.2, 0.25) is 0 Å². The number of aliphatic hydroxyl groups is 1. The van der Waals surface area contributed by atoms with Crippen molar-refractivity contribution in [2.45, 2.75) is 25.4 Å². The summed E-state index contributed by atoms with van der Waals surface area (Å²) in [6.45, 7) is 0.548. The molecular formula is C14H17F2NO2. The average molecular weight is 269 g/mol. The van der Waals surface area contributed by atoms with Gasteiger partial charge in [0, 0.05) is 19.2 Å². The van der Waals surface area contributed by atoms with Crippen LogP contribution < -0.4 is 0 Å². The number of benzene rings is 1. The zero-order valence-electron chi connectivity index (χ0n) is 10.8. The van der Waals surface area contributed by atoms with Gasteiger partial charge >= 0.3 is 0 Å². The predicted octanol–water partition coefficient (Wildman–Crippen LogP) is 1.74. The molecule has 0 unspecified atom stereocenters. The Hall–Kier alpha value is -1.49. The molecule has 1 aromatic carbocycles. The quantitative estimate of drug-likeness (QED) is 0.904. The lowest BCUT2D eigenvalue weighted by Gasteiger charge is -2.34. The molecule has 0 radical (unpaired) electrons. The third-order valence-electron chi connectivity index (χ3n) is 3.54. The summed E-state index contributed by atoms with van der Waals surface area (Å²) < 4.78 is 26.5. The Balaban J connectivity index is 1.91. The van der Waals surface area contributed by atoms with Gasteiger partial charge in [0.1, 0.15) is 0 Å². The Labute approximate surface area is 110 Å². The summed E-state index contributed by atoms with van der Waals surface area (Å²) in [6, 6.07) is 3.84. The summed E-state index contributed by atoms with van der Waals surface area (Å²) in [5, 5.41) is 9.18. The van der Waals surface area contributed by atoms with Crippen LogP contribution in [0, 0.1) is 17.6 Å². The van der Waals surface area contributed by atoms with Gasteiger partial charge in [0.15, 0.2) is 11.6 Å². The number of hydrogen-bond donors (Lipinski definition) is 1. The van der Waals surface area contributed by atoms with E-state index in [1.54, 1.807) is 7.05 Å². The van der Waals surface area contributed by atoms with Crippen molar-refractivity contribution in [1.29, 1.82) is 0 Å². The fraction of sp³-hybridized carbons (Fsp3) is 0.500. The van der Waals surface area contributed by atoms with E-state index in [0.717, 1.165) is 6.07 Å². The highest BCUT2D eigenvalue weighted by Crippen LogP contribution is 2.27. The number of amides is 1. The van der Waals surface area contributed by atoms with Gasteiger partial charge in [-0.3, -0.25) is 4.79 Å². The zero-order valence-corrected chi connectivity index (χ0v) is 10.8. The van der Waals surface area contributed by atoms with Gasteiger partial charge in [0.25, 0.3) is 0 Å². The minimum Gasteiger partial charge on any atom is -0.393 e. The van der Waals surface area contributed by atoms with Crippen LogP contribution in [0.5, 0.6) is 0 Å². The fourth-order valence-corrected chi connectivity index (χ4v) is 2.32. The Morgan fingerprint density at radius 1 is 1.42 bits per heavy atom. The van der Waals surface area contributed by atoms with Crippen molar-refractivity contribution in [3.05, 3.63) is 35.4 Å². The maximum absolute atomic E-state index is 13.4. The van der Waals surface area contributed by atoms with Crippen LogP contribution in [0.3, 0.4) is 0 Å². The molecule has 2 rings (SSSR count). The number of carbonyl (C=O) groups is 1. The monoisotopic (exact) mass is 269 g/mol. The molecule has 19 heavy (non-hydrogen) atoms. The van der Waals surface area contributed by atoms with Crippen LogP contribution >= 0.6 is 0 Å². The lowest BCUT2D eigenvalue weighted by Crippen LogP contribution is -2.40. The molecule has 5 heteroatoms. The fourth-order valence-electron chi connectivity index (χ4n) is 2.32. The third kappa shape index (κ3) is 3.29. The smallest absolute Gasteiger partial charge is 0.226 e. The largest absolute Gasteiger partial charge is 0.393 e. The number of aliphatic hydroxyl groups excluding tert-OH is 1. The molecule has 1 N–H and O–H groups in total.